The van der Waals surface area contributed by atoms with Crippen LogP contribution in [0.25, 0.3) is 6.08 Å². The highest BCUT2D eigenvalue weighted by Gasteiger charge is 2.13. The molecule has 0 aliphatic heterocycles. The van der Waals surface area contributed by atoms with Crippen LogP contribution >= 0.6 is 27.5 Å². The number of nitro groups is 1. The van der Waals surface area contributed by atoms with Crippen LogP contribution in [0.1, 0.15) is 11.1 Å². The van der Waals surface area contributed by atoms with Gasteiger partial charge < -0.3 is 10.1 Å². The highest BCUT2D eigenvalue weighted by molar-refractivity contribution is 9.10. The summed E-state index contributed by atoms with van der Waals surface area (Å²) in [5, 5.41) is 23.1. The van der Waals surface area contributed by atoms with E-state index in [-0.39, 0.29) is 22.9 Å². The number of amides is 1. The van der Waals surface area contributed by atoms with Crippen LogP contribution in [-0.2, 0) is 11.4 Å². The Balaban J connectivity index is 1.74. The smallest absolute Gasteiger partial charge is 0.269 e. The zero-order valence-corrected chi connectivity index (χ0v) is 18.8. The number of non-ortho nitro benzene ring substituents is 1. The maximum absolute atomic E-state index is 12.4. The second-order valence-electron chi connectivity index (χ2n) is 6.52. The predicted molar refractivity (Wildman–Crippen MR) is 125 cm³/mol. The molecule has 3 aromatic rings. The van der Waals surface area contributed by atoms with E-state index in [0.29, 0.717) is 21.5 Å². The number of carbonyl (C=O) groups is 1. The third-order valence-corrected chi connectivity index (χ3v) is 5.13. The van der Waals surface area contributed by atoms with Crippen LogP contribution in [-0.4, -0.2) is 10.8 Å². The van der Waals surface area contributed by atoms with E-state index < -0.39 is 10.8 Å². The lowest BCUT2D eigenvalue weighted by Crippen LogP contribution is -2.13. The monoisotopic (exact) mass is 511 g/mol. The molecule has 0 aliphatic carbocycles. The number of nitro benzene ring substituents is 1. The van der Waals surface area contributed by atoms with Gasteiger partial charge in [-0.1, -0.05) is 29.8 Å². The molecule has 0 bridgehead atoms. The summed E-state index contributed by atoms with van der Waals surface area (Å²) in [5.41, 5.74) is 1.74. The third kappa shape index (κ3) is 5.94. The molecule has 0 aliphatic rings. The van der Waals surface area contributed by atoms with Gasteiger partial charge in [0.2, 0.25) is 0 Å². The van der Waals surface area contributed by atoms with Crippen LogP contribution in [0.4, 0.5) is 11.4 Å². The first kappa shape index (κ1) is 23.0. The lowest BCUT2D eigenvalue weighted by Gasteiger charge is -2.11. The van der Waals surface area contributed by atoms with Gasteiger partial charge in [0.05, 0.1) is 14.4 Å². The van der Waals surface area contributed by atoms with Crippen molar-refractivity contribution in [3.63, 3.8) is 0 Å². The number of carbonyl (C=O) groups excluding carboxylic acids is 1. The number of halogens is 2. The average Bonchev–Trinajstić information content (AvgIpc) is 2.77. The van der Waals surface area contributed by atoms with Gasteiger partial charge in [0.1, 0.15) is 18.2 Å². The van der Waals surface area contributed by atoms with E-state index in [9.17, 15) is 20.2 Å². The van der Waals surface area contributed by atoms with Gasteiger partial charge in [-0.25, -0.2) is 0 Å². The summed E-state index contributed by atoms with van der Waals surface area (Å²) >= 11 is 9.74. The third-order valence-electron chi connectivity index (χ3n) is 4.26. The maximum atomic E-state index is 12.4. The minimum absolute atomic E-state index is 0.00583. The number of rotatable bonds is 7. The van der Waals surface area contributed by atoms with Crippen molar-refractivity contribution in [2.75, 3.05) is 5.32 Å². The molecule has 1 N–H and O–H groups in total. The zero-order valence-electron chi connectivity index (χ0n) is 16.4. The highest BCUT2D eigenvalue weighted by atomic mass is 79.9. The lowest BCUT2D eigenvalue weighted by molar-refractivity contribution is -0.384. The molecule has 0 atom stereocenters. The Hall–Kier alpha value is -3.67. The number of hydrogen-bond donors (Lipinski definition) is 1. The zero-order chi connectivity index (χ0) is 23.1. The predicted octanol–water partition coefficient (Wildman–Crippen LogP) is 6.14. The van der Waals surface area contributed by atoms with Crippen molar-refractivity contribution in [3.05, 3.63) is 103 Å². The first-order chi connectivity index (χ1) is 15.4. The van der Waals surface area contributed by atoms with E-state index in [2.05, 4.69) is 21.2 Å². The van der Waals surface area contributed by atoms with Gasteiger partial charge in [0, 0.05) is 17.8 Å². The fraction of sp³-hybridized carbons (Fsp3) is 0.0435. The van der Waals surface area contributed by atoms with E-state index in [4.69, 9.17) is 16.3 Å². The number of nitrogens with zero attached hydrogens (tertiary/aromatic N) is 2. The molecule has 0 unspecified atom stereocenters. The number of anilines is 1. The molecular weight excluding hydrogens is 498 g/mol. The van der Waals surface area contributed by atoms with Crippen molar-refractivity contribution < 1.29 is 14.5 Å². The van der Waals surface area contributed by atoms with Crippen LogP contribution in [0.5, 0.6) is 5.75 Å². The number of ether oxygens (including phenoxy) is 1. The van der Waals surface area contributed by atoms with Crippen molar-refractivity contribution in [2.24, 2.45) is 0 Å². The largest absolute Gasteiger partial charge is 0.486 e. The molecule has 32 heavy (non-hydrogen) atoms. The quantitative estimate of drug-likeness (QED) is 0.177. The summed E-state index contributed by atoms with van der Waals surface area (Å²) in [6.45, 7) is 0.147. The number of para-hydroxylation sites is 1. The Morgan fingerprint density at radius 3 is 2.47 bits per heavy atom. The van der Waals surface area contributed by atoms with E-state index in [1.165, 1.54) is 18.2 Å². The molecular formula is C23H15BrClN3O4. The molecule has 0 saturated heterocycles. The average molecular weight is 513 g/mol. The second-order valence-corrected chi connectivity index (χ2v) is 7.78. The van der Waals surface area contributed by atoms with E-state index >= 15 is 0 Å². The van der Waals surface area contributed by atoms with E-state index in [1.807, 2.05) is 12.1 Å². The molecule has 9 heteroatoms. The van der Waals surface area contributed by atoms with Gasteiger partial charge in [-0.3, -0.25) is 14.9 Å². The Bertz CT molecular complexity index is 1200. The van der Waals surface area contributed by atoms with Gasteiger partial charge in [-0.2, -0.15) is 5.26 Å². The summed E-state index contributed by atoms with van der Waals surface area (Å²) in [5.74, 6) is -0.168. The van der Waals surface area contributed by atoms with E-state index in [0.717, 1.165) is 5.56 Å². The lowest BCUT2D eigenvalue weighted by atomic mass is 10.1. The standard InChI is InChI=1S/C23H15BrClN3O4/c24-20-11-16(10-17(13-26)23(29)27-18-4-2-1-3-5-18)12-21(25)22(20)32-14-15-6-8-19(9-7-15)28(30)31/h1-12H,14H2,(H,27,29)/b17-10-. The number of nitrogens with one attached hydrogen (secondary N) is 1. The maximum Gasteiger partial charge on any atom is 0.269 e. The Labute approximate surface area is 197 Å². The summed E-state index contributed by atoms with van der Waals surface area (Å²) in [4.78, 5) is 22.7. The van der Waals surface area contributed by atoms with Crippen LogP contribution in [0, 0.1) is 21.4 Å². The van der Waals surface area contributed by atoms with Crippen LogP contribution < -0.4 is 10.1 Å². The van der Waals surface area contributed by atoms with Gasteiger partial charge >= 0.3 is 0 Å². The number of hydrogen-bond acceptors (Lipinski definition) is 5. The van der Waals surface area contributed by atoms with Crippen molar-refractivity contribution >= 4 is 50.9 Å². The molecule has 0 saturated carbocycles. The molecule has 3 aromatic carbocycles. The van der Waals surface area contributed by atoms with Gasteiger partial charge in [-0.15, -0.1) is 0 Å². The van der Waals surface area contributed by atoms with E-state index in [1.54, 1.807) is 48.5 Å². The minimum Gasteiger partial charge on any atom is -0.486 e. The molecule has 0 radical (unpaired) electrons. The summed E-state index contributed by atoms with van der Waals surface area (Å²) in [6.07, 6.45) is 1.43. The molecule has 0 fully saturated rings. The Morgan fingerprint density at radius 2 is 1.88 bits per heavy atom. The number of benzene rings is 3. The molecule has 7 nitrogen and oxygen atoms in total. The summed E-state index contributed by atoms with van der Waals surface area (Å²) in [7, 11) is 0. The summed E-state index contributed by atoms with van der Waals surface area (Å²) < 4.78 is 6.28. The normalized spacial score (nSPS) is 10.8. The molecule has 1 amide bonds. The fourth-order valence-electron chi connectivity index (χ4n) is 2.71. The van der Waals surface area contributed by atoms with Crippen molar-refractivity contribution in [3.8, 4) is 11.8 Å². The highest BCUT2D eigenvalue weighted by Crippen LogP contribution is 2.35. The minimum atomic E-state index is -0.538. The Morgan fingerprint density at radius 1 is 1.19 bits per heavy atom. The first-order valence-corrected chi connectivity index (χ1v) is 10.4. The molecule has 0 spiro atoms. The Kier molecular flexibility index (Phi) is 7.60. The summed E-state index contributed by atoms with van der Waals surface area (Å²) in [6, 6.07) is 19.9. The van der Waals surface area contributed by atoms with Gasteiger partial charge in [-0.05, 0) is 69.5 Å². The SMILES string of the molecule is N#C/C(=C/c1cc(Cl)c(OCc2ccc([N+](=O)[O-])cc2)c(Br)c1)C(=O)Nc1ccccc1. The van der Waals surface area contributed by atoms with Crippen molar-refractivity contribution in [1.29, 1.82) is 5.26 Å². The molecule has 3 rings (SSSR count). The van der Waals surface area contributed by atoms with Crippen molar-refractivity contribution in [1.82, 2.24) is 0 Å². The van der Waals surface area contributed by atoms with Gasteiger partial charge in [0.25, 0.3) is 11.6 Å². The van der Waals surface area contributed by atoms with Crippen LogP contribution in [0.2, 0.25) is 5.02 Å². The molecule has 0 aromatic heterocycles. The second kappa shape index (κ2) is 10.6. The number of nitriles is 1. The first-order valence-electron chi connectivity index (χ1n) is 9.20. The topological polar surface area (TPSA) is 105 Å². The molecule has 0 heterocycles. The fourth-order valence-corrected chi connectivity index (χ4v) is 3.69. The van der Waals surface area contributed by atoms with Crippen LogP contribution in [0.3, 0.4) is 0 Å². The van der Waals surface area contributed by atoms with Crippen molar-refractivity contribution in [2.45, 2.75) is 6.61 Å². The molecule has 160 valence electrons. The van der Waals surface area contributed by atoms with Crippen LogP contribution in [0.15, 0.2) is 76.8 Å². The van der Waals surface area contributed by atoms with Gasteiger partial charge in [0.15, 0.2) is 5.75 Å².